The van der Waals surface area contributed by atoms with Crippen LogP contribution >= 0.6 is 15.9 Å². The Hall–Kier alpha value is -1.07. The molecular weight excluding hydrogens is 296 g/mol. The molecule has 1 aromatic rings. The third-order valence-electron chi connectivity index (χ3n) is 2.58. The highest BCUT2D eigenvalue weighted by atomic mass is 79.9. The fourth-order valence-electron chi connectivity index (χ4n) is 1.79. The number of nitrogens with two attached hydrogens (primary N) is 1. The van der Waals surface area contributed by atoms with Crippen LogP contribution in [0.5, 0.6) is 0 Å². The second kappa shape index (κ2) is 6.75. The van der Waals surface area contributed by atoms with Crippen LogP contribution in [0.2, 0.25) is 0 Å². The number of carbonyl (C=O) groups excluding carboxylic acids is 1. The van der Waals surface area contributed by atoms with Gasteiger partial charge in [0.15, 0.2) is 0 Å². The van der Waals surface area contributed by atoms with Crippen LogP contribution in [0.15, 0.2) is 16.6 Å². The van der Waals surface area contributed by atoms with Crippen LogP contribution in [0.1, 0.15) is 18.9 Å². The minimum atomic E-state index is -0.0447. The minimum absolute atomic E-state index is 0.0447. The van der Waals surface area contributed by atoms with E-state index in [0.717, 1.165) is 10.0 Å². The predicted molar refractivity (Wildman–Crippen MR) is 77.6 cm³/mol. The fraction of sp³-hybridized carbons (Fsp3) is 0.462. The number of rotatable bonds is 5. The van der Waals surface area contributed by atoms with Gasteiger partial charge >= 0.3 is 0 Å². The Balaban J connectivity index is 2.70. The lowest BCUT2D eigenvalue weighted by molar-refractivity contribution is -0.117. The minimum Gasteiger partial charge on any atom is -0.397 e. The van der Waals surface area contributed by atoms with E-state index in [0.29, 0.717) is 24.4 Å². The Morgan fingerprint density at radius 2 is 2.22 bits per heavy atom. The van der Waals surface area contributed by atoms with Gasteiger partial charge < -0.3 is 15.8 Å². The van der Waals surface area contributed by atoms with Crippen LogP contribution in [0.4, 0.5) is 11.4 Å². The lowest BCUT2D eigenvalue weighted by atomic mass is 10.1. The van der Waals surface area contributed by atoms with Crippen molar-refractivity contribution in [3.05, 3.63) is 22.2 Å². The van der Waals surface area contributed by atoms with Crippen molar-refractivity contribution < 1.29 is 9.53 Å². The summed E-state index contributed by atoms with van der Waals surface area (Å²) in [4.78, 5) is 11.9. The van der Waals surface area contributed by atoms with E-state index in [1.165, 1.54) is 0 Å². The number of anilines is 2. The van der Waals surface area contributed by atoms with Crippen molar-refractivity contribution in [2.45, 2.75) is 20.3 Å². The summed E-state index contributed by atoms with van der Waals surface area (Å²) in [6.07, 6.45) is 0.419. The van der Waals surface area contributed by atoms with Gasteiger partial charge in [-0.2, -0.15) is 0 Å². The number of nitrogen functional groups attached to an aromatic ring is 1. The molecule has 0 bridgehead atoms. The molecule has 1 aromatic carbocycles. The van der Waals surface area contributed by atoms with Gasteiger partial charge in [0, 0.05) is 24.6 Å². The summed E-state index contributed by atoms with van der Waals surface area (Å²) >= 11 is 3.36. The van der Waals surface area contributed by atoms with Gasteiger partial charge in [-0.3, -0.25) is 4.79 Å². The molecule has 4 nitrogen and oxygen atoms in total. The largest absolute Gasteiger partial charge is 0.397 e. The van der Waals surface area contributed by atoms with E-state index in [9.17, 15) is 4.79 Å². The summed E-state index contributed by atoms with van der Waals surface area (Å²) in [5, 5.41) is 2.85. The molecule has 0 aliphatic heterocycles. The second-order valence-electron chi connectivity index (χ2n) is 4.50. The maximum absolute atomic E-state index is 11.9. The number of nitrogens with one attached hydrogen (secondary N) is 1. The highest BCUT2D eigenvalue weighted by molar-refractivity contribution is 9.10. The molecule has 0 fully saturated rings. The summed E-state index contributed by atoms with van der Waals surface area (Å²) in [5.74, 6) is 0.142. The molecule has 0 heterocycles. The molecular formula is C13H19BrN2O2. The highest BCUT2D eigenvalue weighted by Crippen LogP contribution is 2.28. The van der Waals surface area contributed by atoms with Crippen molar-refractivity contribution >= 4 is 33.2 Å². The van der Waals surface area contributed by atoms with Gasteiger partial charge in [0.25, 0.3) is 0 Å². The van der Waals surface area contributed by atoms with Gasteiger partial charge in [-0.05, 0) is 30.5 Å². The number of hydrogen-bond donors (Lipinski definition) is 2. The van der Waals surface area contributed by atoms with Crippen molar-refractivity contribution in [1.29, 1.82) is 0 Å². The average Bonchev–Trinajstić information content (AvgIpc) is 2.23. The first-order chi connectivity index (χ1) is 8.43. The molecule has 1 amide bonds. The molecule has 100 valence electrons. The van der Waals surface area contributed by atoms with E-state index >= 15 is 0 Å². The third kappa shape index (κ3) is 4.31. The summed E-state index contributed by atoms with van der Waals surface area (Å²) in [7, 11) is 1.63. The number of amides is 1. The molecule has 0 aromatic heterocycles. The number of hydrogen-bond acceptors (Lipinski definition) is 3. The lowest BCUT2D eigenvalue weighted by Gasteiger charge is -2.14. The molecule has 0 saturated heterocycles. The molecule has 0 aliphatic rings. The summed E-state index contributed by atoms with van der Waals surface area (Å²) < 4.78 is 5.91. The number of halogens is 1. The van der Waals surface area contributed by atoms with Crippen LogP contribution < -0.4 is 11.1 Å². The lowest BCUT2D eigenvalue weighted by Crippen LogP contribution is -2.18. The fourth-order valence-corrected chi connectivity index (χ4v) is 2.38. The van der Waals surface area contributed by atoms with Crippen molar-refractivity contribution in [1.82, 2.24) is 0 Å². The Morgan fingerprint density at radius 3 is 2.78 bits per heavy atom. The number of aryl methyl sites for hydroxylation is 1. The molecule has 0 saturated carbocycles. The SMILES string of the molecule is COCC(C)CC(=O)Nc1c(C)cc(Br)cc1N. The summed E-state index contributed by atoms with van der Waals surface area (Å²) in [5.41, 5.74) is 8.08. The van der Waals surface area contributed by atoms with Gasteiger partial charge in [0.1, 0.15) is 0 Å². The van der Waals surface area contributed by atoms with Crippen molar-refractivity contribution in [2.24, 2.45) is 5.92 Å². The normalized spacial score (nSPS) is 12.2. The molecule has 5 heteroatoms. The van der Waals surface area contributed by atoms with Gasteiger partial charge in [-0.15, -0.1) is 0 Å². The number of ether oxygens (including phenoxy) is 1. The Bertz CT molecular complexity index is 412. The number of carbonyl (C=O) groups is 1. The molecule has 3 N–H and O–H groups in total. The van der Waals surface area contributed by atoms with Gasteiger partial charge in [0.2, 0.25) is 5.91 Å². The quantitative estimate of drug-likeness (QED) is 0.821. The summed E-state index contributed by atoms with van der Waals surface area (Å²) in [6.45, 7) is 4.46. The monoisotopic (exact) mass is 314 g/mol. The predicted octanol–water partition coefficient (Wildman–Crippen LogP) is 2.95. The zero-order valence-corrected chi connectivity index (χ0v) is 12.5. The number of methoxy groups -OCH3 is 1. The molecule has 1 rings (SSSR count). The van der Waals surface area contributed by atoms with E-state index in [4.69, 9.17) is 10.5 Å². The Morgan fingerprint density at radius 1 is 1.56 bits per heavy atom. The second-order valence-corrected chi connectivity index (χ2v) is 5.42. The molecule has 18 heavy (non-hydrogen) atoms. The van der Waals surface area contributed by atoms with Gasteiger partial charge in [-0.1, -0.05) is 22.9 Å². The topological polar surface area (TPSA) is 64.3 Å². The first-order valence-corrected chi connectivity index (χ1v) is 6.57. The van der Waals surface area contributed by atoms with E-state index in [2.05, 4.69) is 21.2 Å². The van der Waals surface area contributed by atoms with Crippen LogP contribution in [0.25, 0.3) is 0 Å². The third-order valence-corrected chi connectivity index (χ3v) is 3.04. The Labute approximate surface area is 116 Å². The van der Waals surface area contributed by atoms with Gasteiger partial charge in [-0.25, -0.2) is 0 Å². The molecule has 1 atom stereocenters. The zero-order chi connectivity index (χ0) is 13.7. The highest BCUT2D eigenvalue weighted by Gasteiger charge is 2.12. The molecule has 1 unspecified atom stereocenters. The summed E-state index contributed by atoms with van der Waals surface area (Å²) in [6, 6.07) is 3.70. The van der Waals surface area contributed by atoms with Crippen LogP contribution in [-0.2, 0) is 9.53 Å². The van der Waals surface area contributed by atoms with E-state index < -0.39 is 0 Å². The van der Waals surface area contributed by atoms with Crippen molar-refractivity contribution in [3.8, 4) is 0 Å². The zero-order valence-electron chi connectivity index (χ0n) is 10.9. The molecule has 0 spiro atoms. The Kier molecular flexibility index (Phi) is 5.62. The van der Waals surface area contributed by atoms with Crippen molar-refractivity contribution in [2.75, 3.05) is 24.8 Å². The first kappa shape index (κ1) is 15.0. The van der Waals surface area contributed by atoms with Crippen LogP contribution in [0.3, 0.4) is 0 Å². The maximum Gasteiger partial charge on any atom is 0.224 e. The average molecular weight is 315 g/mol. The first-order valence-electron chi connectivity index (χ1n) is 5.78. The molecule has 0 aliphatic carbocycles. The van der Waals surface area contributed by atoms with Crippen LogP contribution in [0, 0.1) is 12.8 Å². The number of benzene rings is 1. The van der Waals surface area contributed by atoms with Crippen LogP contribution in [-0.4, -0.2) is 19.6 Å². The van der Waals surface area contributed by atoms with Crippen molar-refractivity contribution in [3.63, 3.8) is 0 Å². The molecule has 0 radical (unpaired) electrons. The van der Waals surface area contributed by atoms with E-state index in [1.54, 1.807) is 13.2 Å². The van der Waals surface area contributed by atoms with E-state index in [1.807, 2.05) is 19.9 Å². The van der Waals surface area contributed by atoms with Gasteiger partial charge in [0.05, 0.1) is 11.4 Å². The maximum atomic E-state index is 11.9. The smallest absolute Gasteiger partial charge is 0.224 e. The standard InChI is InChI=1S/C13H19BrN2O2/c1-8(7-18-3)4-12(17)16-13-9(2)5-10(14)6-11(13)15/h5-6,8H,4,7,15H2,1-3H3,(H,16,17). The van der Waals surface area contributed by atoms with E-state index in [-0.39, 0.29) is 11.8 Å².